The number of halogens is 3. The van der Waals surface area contributed by atoms with E-state index in [-0.39, 0.29) is 5.91 Å². The Bertz CT molecular complexity index is 1030. The molecular formula is C23H28F3N5O5. The van der Waals surface area contributed by atoms with Crippen molar-refractivity contribution in [3.8, 4) is 0 Å². The molecule has 196 valence electrons. The molecule has 2 aromatic rings. The Hall–Kier alpha value is -3.03. The highest BCUT2D eigenvalue weighted by molar-refractivity contribution is 5.81. The minimum Gasteiger partial charge on any atom is -0.475 e. The predicted molar refractivity (Wildman–Crippen MR) is 119 cm³/mol. The first-order valence-electron chi connectivity index (χ1n) is 11.7. The zero-order valence-electron chi connectivity index (χ0n) is 19.6. The molecule has 1 spiro atoms. The molecule has 36 heavy (non-hydrogen) atoms. The quantitative estimate of drug-likeness (QED) is 0.663. The van der Waals surface area contributed by atoms with Gasteiger partial charge in [0.1, 0.15) is 11.4 Å². The van der Waals surface area contributed by atoms with Crippen molar-refractivity contribution >= 4 is 11.9 Å². The van der Waals surface area contributed by atoms with Crippen molar-refractivity contribution < 1.29 is 37.3 Å². The van der Waals surface area contributed by atoms with Gasteiger partial charge in [0.05, 0.1) is 19.8 Å². The number of aliphatic carboxylic acids is 1. The summed E-state index contributed by atoms with van der Waals surface area (Å²) in [7, 11) is 0. The lowest BCUT2D eigenvalue weighted by Gasteiger charge is -2.46. The maximum Gasteiger partial charge on any atom is 0.490 e. The van der Waals surface area contributed by atoms with Gasteiger partial charge in [-0.3, -0.25) is 14.7 Å². The van der Waals surface area contributed by atoms with E-state index in [1.165, 1.54) is 5.56 Å². The molecule has 0 saturated carbocycles. The Morgan fingerprint density at radius 2 is 1.72 bits per heavy atom. The number of carboxylic acids is 1. The van der Waals surface area contributed by atoms with Gasteiger partial charge in [-0.1, -0.05) is 0 Å². The van der Waals surface area contributed by atoms with Crippen molar-refractivity contribution in [2.75, 3.05) is 39.4 Å². The molecule has 0 bridgehead atoms. The van der Waals surface area contributed by atoms with Crippen molar-refractivity contribution in [1.29, 1.82) is 0 Å². The number of pyridine rings is 1. The van der Waals surface area contributed by atoms with Crippen LogP contribution in [0, 0.1) is 0 Å². The van der Waals surface area contributed by atoms with Crippen LogP contribution in [0.3, 0.4) is 0 Å². The molecule has 13 heteroatoms. The van der Waals surface area contributed by atoms with Crippen molar-refractivity contribution in [3.05, 3.63) is 48.3 Å². The van der Waals surface area contributed by atoms with Crippen LogP contribution in [0.4, 0.5) is 13.2 Å². The third-order valence-electron chi connectivity index (χ3n) is 6.51. The van der Waals surface area contributed by atoms with Gasteiger partial charge >= 0.3 is 12.1 Å². The molecule has 3 aliphatic rings. The maximum atomic E-state index is 13.1. The number of amides is 1. The number of piperidine rings is 1. The summed E-state index contributed by atoms with van der Waals surface area (Å²) in [6.07, 6.45) is 3.60. The zero-order chi connectivity index (χ0) is 25.8. The minimum absolute atomic E-state index is 0.0752. The molecule has 0 aliphatic carbocycles. The Morgan fingerprint density at radius 3 is 2.33 bits per heavy atom. The lowest BCUT2D eigenvalue weighted by Crippen LogP contribution is -2.55. The number of nitrogens with zero attached hydrogens (tertiary/aromatic N) is 5. The topological polar surface area (TPSA) is 110 Å². The highest BCUT2D eigenvalue weighted by Gasteiger charge is 2.47. The molecule has 3 aliphatic heterocycles. The number of fused-ring (bicyclic) bond motifs is 2. The largest absolute Gasteiger partial charge is 0.490 e. The summed E-state index contributed by atoms with van der Waals surface area (Å²) in [6, 6.07) is 4.12. The fraction of sp³-hybridized carbons (Fsp3) is 0.565. The SMILES string of the molecule is O=C(C1Cn2ccnc2C2(CCN(Cc3ccncc3)CC2)O1)N1CCOCC1.O=C(O)C(F)(F)F. The Labute approximate surface area is 205 Å². The van der Waals surface area contributed by atoms with E-state index in [9.17, 15) is 18.0 Å². The van der Waals surface area contributed by atoms with Gasteiger partial charge in [0, 0.05) is 57.5 Å². The summed E-state index contributed by atoms with van der Waals surface area (Å²) in [5, 5.41) is 7.12. The van der Waals surface area contributed by atoms with Crippen LogP contribution in [0.1, 0.15) is 24.2 Å². The van der Waals surface area contributed by atoms with Gasteiger partial charge in [0.15, 0.2) is 6.10 Å². The van der Waals surface area contributed by atoms with E-state index in [0.717, 1.165) is 38.3 Å². The monoisotopic (exact) mass is 511 g/mol. The first-order valence-corrected chi connectivity index (χ1v) is 11.7. The number of hydrogen-bond acceptors (Lipinski definition) is 7. The average molecular weight is 512 g/mol. The lowest BCUT2D eigenvalue weighted by atomic mass is 9.88. The van der Waals surface area contributed by atoms with Gasteiger partial charge in [-0.2, -0.15) is 13.2 Å². The van der Waals surface area contributed by atoms with Gasteiger partial charge in [0.2, 0.25) is 0 Å². The minimum atomic E-state index is -5.08. The van der Waals surface area contributed by atoms with Gasteiger partial charge in [0.25, 0.3) is 5.91 Å². The van der Waals surface area contributed by atoms with Crippen LogP contribution in [0.15, 0.2) is 36.9 Å². The maximum absolute atomic E-state index is 13.1. The van der Waals surface area contributed by atoms with Crippen molar-refractivity contribution in [2.45, 2.75) is 43.8 Å². The number of carbonyl (C=O) groups is 2. The van der Waals surface area contributed by atoms with Crippen LogP contribution < -0.4 is 0 Å². The number of ether oxygens (including phenoxy) is 2. The van der Waals surface area contributed by atoms with E-state index in [1.807, 2.05) is 29.7 Å². The van der Waals surface area contributed by atoms with Crippen LogP contribution in [0.5, 0.6) is 0 Å². The molecule has 5 rings (SSSR count). The fourth-order valence-corrected chi connectivity index (χ4v) is 4.67. The van der Waals surface area contributed by atoms with Gasteiger partial charge in [-0.05, 0) is 30.5 Å². The molecule has 2 aromatic heterocycles. The summed E-state index contributed by atoms with van der Waals surface area (Å²) < 4.78 is 45.8. The summed E-state index contributed by atoms with van der Waals surface area (Å²) >= 11 is 0. The second-order valence-electron chi connectivity index (χ2n) is 8.88. The molecule has 5 heterocycles. The smallest absolute Gasteiger partial charge is 0.475 e. The molecule has 0 radical (unpaired) electrons. The van der Waals surface area contributed by atoms with Gasteiger partial charge < -0.3 is 24.0 Å². The molecule has 1 N–H and O–H groups in total. The first-order chi connectivity index (χ1) is 17.2. The number of aromatic nitrogens is 3. The lowest BCUT2D eigenvalue weighted by molar-refractivity contribution is -0.192. The molecule has 2 saturated heterocycles. The Balaban J connectivity index is 0.000000384. The van der Waals surface area contributed by atoms with E-state index in [4.69, 9.17) is 19.4 Å². The van der Waals surface area contributed by atoms with Crippen LogP contribution in [-0.4, -0.2) is 93.0 Å². The normalized spacial score (nSPS) is 21.9. The van der Waals surface area contributed by atoms with Crippen LogP contribution in [0.2, 0.25) is 0 Å². The zero-order valence-corrected chi connectivity index (χ0v) is 19.6. The number of carbonyl (C=O) groups excluding carboxylic acids is 1. The predicted octanol–water partition coefficient (Wildman–Crippen LogP) is 1.66. The molecule has 10 nitrogen and oxygen atoms in total. The van der Waals surface area contributed by atoms with E-state index in [2.05, 4.69) is 31.6 Å². The molecular weight excluding hydrogens is 483 g/mol. The standard InChI is InChI=1S/C21H27N5O3.C2HF3O2/c27-19(25-11-13-28-14-12-25)18-16-26-10-7-23-20(26)21(29-18)3-8-24(9-4-21)15-17-1-5-22-6-2-17;3-2(4,5)1(6)7/h1-2,5-7,10,18H,3-4,8-9,11-16H2;(H,6,7). The number of hydrogen-bond donors (Lipinski definition) is 1. The second kappa shape index (κ2) is 10.9. The second-order valence-corrected chi connectivity index (χ2v) is 8.88. The molecule has 1 unspecified atom stereocenters. The van der Waals surface area contributed by atoms with Crippen molar-refractivity contribution in [3.63, 3.8) is 0 Å². The first kappa shape index (κ1) is 26.0. The third kappa shape index (κ3) is 6.02. The number of alkyl halides is 3. The van der Waals surface area contributed by atoms with Crippen molar-refractivity contribution in [2.24, 2.45) is 0 Å². The molecule has 2 fully saturated rings. The highest BCUT2D eigenvalue weighted by atomic mass is 19.4. The number of morpholine rings is 1. The third-order valence-corrected chi connectivity index (χ3v) is 6.51. The van der Waals surface area contributed by atoms with E-state index in [1.54, 1.807) is 0 Å². The summed E-state index contributed by atoms with van der Waals surface area (Å²) in [4.78, 5) is 35.0. The number of rotatable bonds is 3. The number of imidazole rings is 1. The summed E-state index contributed by atoms with van der Waals surface area (Å²) in [5.74, 6) is -1.72. The van der Waals surface area contributed by atoms with Crippen LogP contribution in [0.25, 0.3) is 0 Å². The Kier molecular flexibility index (Phi) is 7.91. The molecule has 1 atom stereocenters. The van der Waals surface area contributed by atoms with E-state index < -0.39 is 23.9 Å². The van der Waals surface area contributed by atoms with Gasteiger partial charge in [-0.15, -0.1) is 0 Å². The van der Waals surface area contributed by atoms with Gasteiger partial charge in [-0.25, -0.2) is 9.78 Å². The number of carboxylic acid groups (broad SMARTS) is 1. The molecule has 1 amide bonds. The Morgan fingerprint density at radius 1 is 1.08 bits per heavy atom. The van der Waals surface area contributed by atoms with E-state index >= 15 is 0 Å². The molecule has 0 aromatic carbocycles. The highest BCUT2D eigenvalue weighted by Crippen LogP contribution is 2.40. The van der Waals surface area contributed by atoms with E-state index in [0.29, 0.717) is 32.8 Å². The average Bonchev–Trinajstić information content (AvgIpc) is 3.36. The van der Waals surface area contributed by atoms with Crippen LogP contribution in [-0.2, 0) is 37.8 Å². The fourth-order valence-electron chi connectivity index (χ4n) is 4.67. The van der Waals surface area contributed by atoms with Crippen molar-refractivity contribution in [1.82, 2.24) is 24.3 Å². The summed E-state index contributed by atoms with van der Waals surface area (Å²) in [6.45, 7) is 5.75. The number of likely N-dealkylation sites (tertiary alicyclic amines) is 1. The summed E-state index contributed by atoms with van der Waals surface area (Å²) in [5.41, 5.74) is 0.783. The van der Waals surface area contributed by atoms with Crippen LogP contribution >= 0.6 is 0 Å².